The number of nitrogen functional groups attached to an aromatic ring is 1. The highest BCUT2D eigenvalue weighted by atomic mass is 35.5. The van der Waals surface area contributed by atoms with Gasteiger partial charge < -0.3 is 15.4 Å². The van der Waals surface area contributed by atoms with Crippen LogP contribution in [0.1, 0.15) is 0 Å². The molecule has 0 atom stereocenters. The van der Waals surface area contributed by atoms with Crippen LogP contribution in [0, 0.1) is 0 Å². The molecule has 88 valence electrons. The number of aliphatic carboxylic acids is 1. The van der Waals surface area contributed by atoms with Crippen LogP contribution >= 0.6 is 24.8 Å². The first-order valence-electron chi connectivity index (χ1n) is 3.81. The molecule has 3 N–H and O–H groups in total. The first-order valence-corrected chi connectivity index (χ1v) is 3.81. The quantitative estimate of drug-likeness (QED) is 0.811. The number of carboxylic acids is 1. The summed E-state index contributed by atoms with van der Waals surface area (Å²) >= 11 is 0. The third-order valence-electron chi connectivity index (χ3n) is 1.74. The van der Waals surface area contributed by atoms with Crippen LogP contribution in [0.4, 0.5) is 5.82 Å². The van der Waals surface area contributed by atoms with E-state index in [9.17, 15) is 4.79 Å². The Balaban J connectivity index is 0.00000112. The molecule has 0 saturated heterocycles. The average molecular weight is 266 g/mol. The van der Waals surface area contributed by atoms with Crippen LogP contribution in [0.15, 0.2) is 12.7 Å². The van der Waals surface area contributed by atoms with Crippen molar-refractivity contribution < 1.29 is 9.90 Å². The highest BCUT2D eigenvalue weighted by molar-refractivity contribution is 5.85. The molecule has 2 aromatic heterocycles. The van der Waals surface area contributed by atoms with Crippen LogP contribution in [-0.2, 0) is 11.3 Å². The molecule has 0 aromatic carbocycles. The topological polar surface area (TPSA) is 107 Å². The highest BCUT2D eigenvalue weighted by Gasteiger charge is 2.09. The van der Waals surface area contributed by atoms with Crippen LogP contribution in [0.25, 0.3) is 11.2 Å². The first kappa shape index (κ1) is 14.4. The fourth-order valence-corrected chi connectivity index (χ4v) is 1.16. The van der Waals surface area contributed by atoms with E-state index in [0.717, 1.165) is 0 Å². The molecule has 9 heteroatoms. The van der Waals surface area contributed by atoms with Crippen molar-refractivity contribution in [2.45, 2.75) is 6.54 Å². The van der Waals surface area contributed by atoms with Crippen molar-refractivity contribution in [2.24, 2.45) is 0 Å². The summed E-state index contributed by atoms with van der Waals surface area (Å²) in [4.78, 5) is 22.0. The number of nitrogens with zero attached hydrogens (tertiary/aromatic N) is 4. The van der Waals surface area contributed by atoms with E-state index in [-0.39, 0.29) is 37.2 Å². The number of rotatable bonds is 2. The summed E-state index contributed by atoms with van der Waals surface area (Å²) < 4.78 is 1.40. The van der Waals surface area contributed by atoms with Gasteiger partial charge in [-0.3, -0.25) is 4.79 Å². The highest BCUT2D eigenvalue weighted by Crippen LogP contribution is 2.13. The molecular formula is C7H9Cl2N5O2. The summed E-state index contributed by atoms with van der Waals surface area (Å²) in [7, 11) is 0. The predicted molar refractivity (Wildman–Crippen MR) is 61.9 cm³/mol. The van der Waals surface area contributed by atoms with Gasteiger partial charge in [0.1, 0.15) is 18.4 Å². The molecule has 0 amide bonds. The fourth-order valence-electron chi connectivity index (χ4n) is 1.16. The minimum atomic E-state index is -0.957. The Labute approximate surface area is 103 Å². The van der Waals surface area contributed by atoms with E-state index >= 15 is 0 Å². The molecule has 0 radical (unpaired) electrons. The molecule has 0 bridgehead atoms. The zero-order valence-electron chi connectivity index (χ0n) is 7.90. The van der Waals surface area contributed by atoms with E-state index in [1.165, 1.54) is 17.2 Å². The summed E-state index contributed by atoms with van der Waals surface area (Å²) in [5.41, 5.74) is 6.38. The van der Waals surface area contributed by atoms with E-state index < -0.39 is 5.97 Å². The van der Waals surface area contributed by atoms with E-state index in [1.807, 2.05) is 0 Å². The maximum Gasteiger partial charge on any atom is 0.323 e. The number of hydrogen-bond donors (Lipinski definition) is 2. The van der Waals surface area contributed by atoms with Gasteiger partial charge in [-0.05, 0) is 0 Å². The van der Waals surface area contributed by atoms with Crippen LogP contribution in [-0.4, -0.2) is 30.6 Å². The van der Waals surface area contributed by atoms with E-state index in [4.69, 9.17) is 10.8 Å². The lowest BCUT2D eigenvalue weighted by Gasteiger charge is -1.98. The third kappa shape index (κ3) is 2.50. The van der Waals surface area contributed by atoms with E-state index in [0.29, 0.717) is 11.2 Å². The Kier molecular flexibility index (Phi) is 4.93. The second kappa shape index (κ2) is 5.47. The molecule has 0 aliphatic heterocycles. The number of nitrogens with two attached hydrogens (primary N) is 1. The summed E-state index contributed by atoms with van der Waals surface area (Å²) in [6, 6.07) is 0. The standard InChI is InChI=1S/C7H7N5O2.2ClH/c8-6-5-7(10-2-9-6)12(3-11-5)1-4(13)14;;/h2-3H,1H2,(H,13,14)(H2,8,9,10);2*1H. The Morgan fingerprint density at radius 3 is 2.69 bits per heavy atom. The summed E-state index contributed by atoms with van der Waals surface area (Å²) in [5.74, 6) is -0.708. The molecule has 0 aliphatic carbocycles. The zero-order valence-corrected chi connectivity index (χ0v) is 9.53. The number of aromatic nitrogens is 4. The van der Waals surface area contributed by atoms with Crippen molar-refractivity contribution in [1.29, 1.82) is 0 Å². The number of fused-ring (bicyclic) bond motifs is 1. The van der Waals surface area contributed by atoms with Gasteiger partial charge in [0.2, 0.25) is 0 Å². The molecule has 2 aromatic rings. The lowest BCUT2D eigenvalue weighted by molar-refractivity contribution is -0.137. The van der Waals surface area contributed by atoms with Gasteiger partial charge in [0.15, 0.2) is 11.5 Å². The molecule has 0 unspecified atom stereocenters. The van der Waals surface area contributed by atoms with Crippen molar-refractivity contribution in [3.05, 3.63) is 12.7 Å². The SMILES string of the molecule is Cl.Cl.Nc1ncnc2c1ncn2CC(=O)O. The monoisotopic (exact) mass is 265 g/mol. The summed E-state index contributed by atoms with van der Waals surface area (Å²) in [6.07, 6.45) is 2.65. The van der Waals surface area contributed by atoms with Gasteiger partial charge in [-0.25, -0.2) is 15.0 Å². The predicted octanol–water partition coefficient (Wildman–Crippen LogP) is 0.337. The van der Waals surface area contributed by atoms with Gasteiger partial charge in [0.05, 0.1) is 6.33 Å². The van der Waals surface area contributed by atoms with E-state index in [2.05, 4.69) is 15.0 Å². The van der Waals surface area contributed by atoms with Gasteiger partial charge in [0.25, 0.3) is 0 Å². The van der Waals surface area contributed by atoms with Gasteiger partial charge in [-0.1, -0.05) is 0 Å². The first-order chi connectivity index (χ1) is 6.68. The molecular weight excluding hydrogens is 257 g/mol. The number of hydrogen-bond acceptors (Lipinski definition) is 5. The summed E-state index contributed by atoms with van der Waals surface area (Å²) in [6.45, 7) is -0.188. The lowest BCUT2D eigenvalue weighted by atomic mass is 10.5. The van der Waals surface area contributed by atoms with Gasteiger partial charge in [-0.2, -0.15) is 0 Å². The molecule has 0 spiro atoms. The van der Waals surface area contributed by atoms with Gasteiger partial charge in [-0.15, -0.1) is 24.8 Å². The normalized spacial score (nSPS) is 9.25. The lowest BCUT2D eigenvalue weighted by Crippen LogP contribution is -2.08. The molecule has 0 saturated carbocycles. The summed E-state index contributed by atoms with van der Waals surface area (Å²) in [5, 5.41) is 8.59. The van der Waals surface area contributed by atoms with Crippen molar-refractivity contribution >= 4 is 47.8 Å². The Morgan fingerprint density at radius 2 is 2.06 bits per heavy atom. The molecule has 2 rings (SSSR count). The van der Waals surface area contributed by atoms with Crippen LogP contribution < -0.4 is 5.73 Å². The second-order valence-corrected chi connectivity index (χ2v) is 2.70. The minimum absolute atomic E-state index is 0. The van der Waals surface area contributed by atoms with Crippen LogP contribution in [0.2, 0.25) is 0 Å². The smallest absolute Gasteiger partial charge is 0.323 e. The average Bonchev–Trinajstić information content (AvgIpc) is 2.49. The number of carboxylic acid groups (broad SMARTS) is 1. The Hall–Kier alpha value is -1.60. The molecule has 0 fully saturated rings. The van der Waals surface area contributed by atoms with Crippen molar-refractivity contribution in [1.82, 2.24) is 19.5 Å². The van der Waals surface area contributed by atoms with Gasteiger partial charge >= 0.3 is 5.97 Å². The number of imidazole rings is 1. The van der Waals surface area contributed by atoms with E-state index in [1.54, 1.807) is 0 Å². The Bertz CT molecular complexity index is 500. The number of carbonyl (C=O) groups is 1. The van der Waals surface area contributed by atoms with Crippen molar-refractivity contribution in [3.63, 3.8) is 0 Å². The second-order valence-electron chi connectivity index (χ2n) is 2.70. The largest absolute Gasteiger partial charge is 0.480 e. The molecule has 2 heterocycles. The molecule has 16 heavy (non-hydrogen) atoms. The number of anilines is 1. The maximum absolute atomic E-state index is 10.5. The third-order valence-corrected chi connectivity index (χ3v) is 1.74. The van der Waals surface area contributed by atoms with Crippen molar-refractivity contribution in [3.8, 4) is 0 Å². The molecule has 7 nitrogen and oxygen atoms in total. The zero-order chi connectivity index (χ0) is 10.1. The van der Waals surface area contributed by atoms with Gasteiger partial charge in [0, 0.05) is 0 Å². The fraction of sp³-hybridized carbons (Fsp3) is 0.143. The minimum Gasteiger partial charge on any atom is -0.480 e. The maximum atomic E-state index is 10.5. The van der Waals surface area contributed by atoms with Crippen LogP contribution in [0.5, 0.6) is 0 Å². The molecule has 0 aliphatic rings. The Morgan fingerprint density at radius 1 is 1.38 bits per heavy atom. The van der Waals surface area contributed by atoms with Crippen LogP contribution in [0.3, 0.4) is 0 Å². The van der Waals surface area contributed by atoms with Crippen molar-refractivity contribution in [2.75, 3.05) is 5.73 Å². The number of halogens is 2.